The van der Waals surface area contributed by atoms with Gasteiger partial charge < -0.3 is 10.5 Å². The number of rotatable bonds is 4. The highest BCUT2D eigenvalue weighted by Gasteiger charge is 2.29. The minimum atomic E-state index is -0.308. The molecule has 1 aliphatic heterocycles. The van der Waals surface area contributed by atoms with E-state index in [0.717, 1.165) is 29.4 Å². The maximum Gasteiger partial charge on any atom is 0.167 e. The van der Waals surface area contributed by atoms with Gasteiger partial charge in [0.2, 0.25) is 0 Å². The van der Waals surface area contributed by atoms with E-state index in [9.17, 15) is 4.79 Å². The number of carbonyl (C=O) groups is 1. The van der Waals surface area contributed by atoms with Crippen LogP contribution in [0.3, 0.4) is 0 Å². The van der Waals surface area contributed by atoms with Gasteiger partial charge in [-0.15, -0.1) is 0 Å². The fraction of sp³-hybridized carbons (Fsp3) is 0.375. The minimum absolute atomic E-state index is 0.0357. The number of Topliss-reactive ketones (excluding diaryl/α,β-unsaturated/α-hetero) is 1. The lowest BCUT2D eigenvalue weighted by molar-refractivity contribution is -0.128. The van der Waals surface area contributed by atoms with Gasteiger partial charge in [-0.05, 0) is 25.0 Å². The summed E-state index contributed by atoms with van der Waals surface area (Å²) < 4.78 is 5.63. The van der Waals surface area contributed by atoms with Gasteiger partial charge in [-0.25, -0.2) is 0 Å². The van der Waals surface area contributed by atoms with Crippen molar-refractivity contribution in [1.29, 1.82) is 0 Å². The van der Waals surface area contributed by atoms with Gasteiger partial charge in [-0.2, -0.15) is 0 Å². The molecule has 2 atom stereocenters. The molecule has 2 aromatic rings. The normalized spacial score (nSPS) is 22.2. The maximum absolute atomic E-state index is 12.2. The molecular weight excluding hydrogens is 252 g/mol. The van der Waals surface area contributed by atoms with Crippen molar-refractivity contribution in [2.45, 2.75) is 31.5 Å². The highest BCUT2D eigenvalue weighted by atomic mass is 16.5. The molecule has 1 fully saturated rings. The number of fused-ring (bicyclic) bond motifs is 1. The molecule has 1 saturated heterocycles. The third-order valence-electron chi connectivity index (χ3n) is 3.74. The van der Waals surface area contributed by atoms with Gasteiger partial charge in [-0.3, -0.25) is 9.78 Å². The van der Waals surface area contributed by atoms with Crippen LogP contribution in [0.4, 0.5) is 0 Å². The summed E-state index contributed by atoms with van der Waals surface area (Å²) in [7, 11) is 0. The van der Waals surface area contributed by atoms with Gasteiger partial charge in [0.05, 0.1) is 18.0 Å². The van der Waals surface area contributed by atoms with Crippen LogP contribution in [0.1, 0.15) is 18.5 Å². The number of pyridine rings is 1. The molecule has 0 radical (unpaired) electrons. The second-order valence-corrected chi connectivity index (χ2v) is 5.20. The van der Waals surface area contributed by atoms with E-state index in [2.05, 4.69) is 4.98 Å². The molecule has 3 rings (SSSR count). The molecule has 0 bridgehead atoms. The van der Waals surface area contributed by atoms with Gasteiger partial charge in [0.15, 0.2) is 5.78 Å². The first-order chi connectivity index (χ1) is 9.76. The maximum atomic E-state index is 12.2. The fourth-order valence-corrected chi connectivity index (χ4v) is 2.61. The number of carbonyl (C=O) groups excluding carboxylic acids is 1. The topological polar surface area (TPSA) is 65.2 Å². The van der Waals surface area contributed by atoms with Crippen LogP contribution in [0.15, 0.2) is 36.4 Å². The van der Waals surface area contributed by atoms with Crippen molar-refractivity contribution >= 4 is 16.7 Å². The van der Waals surface area contributed by atoms with Crippen molar-refractivity contribution < 1.29 is 9.53 Å². The van der Waals surface area contributed by atoms with Crippen LogP contribution in [-0.2, 0) is 16.0 Å². The second-order valence-electron chi connectivity index (χ2n) is 5.20. The summed E-state index contributed by atoms with van der Waals surface area (Å²) in [6, 6.07) is 11.8. The van der Waals surface area contributed by atoms with Crippen molar-refractivity contribution in [1.82, 2.24) is 4.98 Å². The number of para-hydroxylation sites is 1. The van der Waals surface area contributed by atoms with Gasteiger partial charge in [-0.1, -0.05) is 24.3 Å². The zero-order chi connectivity index (χ0) is 13.9. The molecular formula is C16H18N2O2. The van der Waals surface area contributed by atoms with Crippen LogP contribution in [0.25, 0.3) is 10.9 Å². The lowest BCUT2D eigenvalue weighted by atomic mass is 10.1. The van der Waals surface area contributed by atoms with Crippen molar-refractivity contribution in [2.75, 3.05) is 6.54 Å². The Bertz CT molecular complexity index is 627. The fourth-order valence-electron chi connectivity index (χ4n) is 2.61. The molecule has 0 aliphatic carbocycles. The van der Waals surface area contributed by atoms with Crippen molar-refractivity contribution in [3.63, 3.8) is 0 Å². The third kappa shape index (κ3) is 2.71. The SMILES string of the molecule is NCC1CCC(C(=O)Cc2ccc3ccccc3n2)O1. The molecule has 1 aliphatic rings. The number of hydrogen-bond acceptors (Lipinski definition) is 4. The molecule has 2 N–H and O–H groups in total. The van der Waals surface area contributed by atoms with E-state index in [1.807, 2.05) is 36.4 Å². The Balaban J connectivity index is 1.71. The zero-order valence-corrected chi connectivity index (χ0v) is 11.3. The summed E-state index contributed by atoms with van der Waals surface area (Å²) >= 11 is 0. The summed E-state index contributed by atoms with van der Waals surface area (Å²) in [5.74, 6) is 0.101. The monoisotopic (exact) mass is 270 g/mol. The molecule has 1 aromatic heterocycles. The molecule has 0 amide bonds. The highest BCUT2D eigenvalue weighted by molar-refractivity contribution is 5.86. The van der Waals surface area contributed by atoms with Crippen LogP contribution >= 0.6 is 0 Å². The molecule has 2 unspecified atom stereocenters. The first-order valence-corrected chi connectivity index (χ1v) is 6.99. The van der Waals surface area contributed by atoms with Crippen LogP contribution in [0, 0.1) is 0 Å². The summed E-state index contributed by atoms with van der Waals surface area (Å²) in [5, 5.41) is 1.09. The highest BCUT2D eigenvalue weighted by Crippen LogP contribution is 2.21. The predicted octanol–water partition coefficient (Wildman–Crippen LogP) is 1.85. The Kier molecular flexibility index (Phi) is 3.76. The molecule has 4 nitrogen and oxygen atoms in total. The Hall–Kier alpha value is -1.78. The van der Waals surface area contributed by atoms with E-state index in [-0.39, 0.29) is 18.0 Å². The molecule has 2 heterocycles. The van der Waals surface area contributed by atoms with Crippen molar-refractivity contribution in [3.05, 3.63) is 42.1 Å². The Morgan fingerprint density at radius 1 is 1.25 bits per heavy atom. The number of ether oxygens (including phenoxy) is 1. The molecule has 4 heteroatoms. The van der Waals surface area contributed by atoms with Crippen molar-refractivity contribution in [3.8, 4) is 0 Å². The van der Waals surface area contributed by atoms with E-state index in [1.54, 1.807) is 0 Å². The first kappa shape index (κ1) is 13.2. The average Bonchev–Trinajstić information content (AvgIpc) is 2.96. The number of benzene rings is 1. The Labute approximate surface area is 117 Å². The van der Waals surface area contributed by atoms with Gasteiger partial charge in [0.25, 0.3) is 0 Å². The van der Waals surface area contributed by atoms with E-state index < -0.39 is 0 Å². The average molecular weight is 270 g/mol. The number of aromatic nitrogens is 1. The quantitative estimate of drug-likeness (QED) is 0.921. The predicted molar refractivity (Wildman–Crippen MR) is 77.4 cm³/mol. The van der Waals surface area contributed by atoms with Crippen LogP contribution < -0.4 is 5.73 Å². The summed E-state index contributed by atoms with van der Waals surface area (Å²) in [6.45, 7) is 0.484. The Morgan fingerprint density at radius 2 is 2.10 bits per heavy atom. The second kappa shape index (κ2) is 5.69. The molecule has 1 aromatic carbocycles. The van der Waals surface area contributed by atoms with Crippen LogP contribution in [0.5, 0.6) is 0 Å². The largest absolute Gasteiger partial charge is 0.366 e. The molecule has 104 valence electrons. The van der Waals surface area contributed by atoms with Gasteiger partial charge in [0, 0.05) is 17.6 Å². The number of nitrogens with zero attached hydrogens (tertiary/aromatic N) is 1. The van der Waals surface area contributed by atoms with Crippen LogP contribution in [0.2, 0.25) is 0 Å². The zero-order valence-electron chi connectivity index (χ0n) is 11.3. The van der Waals surface area contributed by atoms with Crippen LogP contribution in [-0.4, -0.2) is 29.5 Å². The lowest BCUT2D eigenvalue weighted by Crippen LogP contribution is -2.26. The molecule has 0 saturated carbocycles. The first-order valence-electron chi connectivity index (χ1n) is 6.99. The molecule has 0 spiro atoms. The summed E-state index contributed by atoms with van der Waals surface area (Å²) in [5.41, 5.74) is 7.28. The number of ketones is 1. The molecule has 20 heavy (non-hydrogen) atoms. The van der Waals surface area contributed by atoms with Gasteiger partial charge in [0.1, 0.15) is 6.10 Å². The standard InChI is InChI=1S/C16H18N2O2/c17-10-13-7-8-16(20-13)15(19)9-12-6-5-11-3-1-2-4-14(11)18-12/h1-6,13,16H,7-10,17H2. The lowest BCUT2D eigenvalue weighted by Gasteiger charge is -2.11. The van der Waals surface area contributed by atoms with E-state index >= 15 is 0 Å². The van der Waals surface area contributed by atoms with E-state index in [1.165, 1.54) is 0 Å². The van der Waals surface area contributed by atoms with E-state index in [0.29, 0.717) is 13.0 Å². The third-order valence-corrected chi connectivity index (χ3v) is 3.74. The number of nitrogens with two attached hydrogens (primary N) is 1. The summed E-state index contributed by atoms with van der Waals surface area (Å²) in [4.78, 5) is 16.7. The minimum Gasteiger partial charge on any atom is -0.366 e. The Morgan fingerprint density at radius 3 is 2.90 bits per heavy atom. The van der Waals surface area contributed by atoms with Gasteiger partial charge >= 0.3 is 0 Å². The van der Waals surface area contributed by atoms with Crippen molar-refractivity contribution in [2.24, 2.45) is 5.73 Å². The van der Waals surface area contributed by atoms with E-state index in [4.69, 9.17) is 10.5 Å². The summed E-state index contributed by atoms with van der Waals surface area (Å²) in [6.07, 6.45) is 1.70. The number of hydrogen-bond donors (Lipinski definition) is 1. The smallest absolute Gasteiger partial charge is 0.167 e.